The summed E-state index contributed by atoms with van der Waals surface area (Å²) in [4.78, 5) is 14.6. The van der Waals surface area contributed by atoms with Crippen molar-refractivity contribution >= 4 is 17.4 Å². The number of aromatic amines is 1. The zero-order valence-electron chi connectivity index (χ0n) is 9.17. The van der Waals surface area contributed by atoms with Crippen LogP contribution in [0, 0.1) is 6.92 Å². The number of nitrogens with one attached hydrogen (secondary N) is 1. The standard InChI is InChI=1S/C13H12ClNO/c1-8-13(9(2)16)11(7-15-8)10-5-3-4-6-12(10)14/h3-7,15H,1-2H3. The quantitative estimate of drug-likeness (QED) is 0.786. The molecule has 0 saturated carbocycles. The van der Waals surface area contributed by atoms with E-state index in [0.717, 1.165) is 16.8 Å². The van der Waals surface area contributed by atoms with E-state index in [1.54, 1.807) is 6.92 Å². The van der Waals surface area contributed by atoms with E-state index in [4.69, 9.17) is 11.6 Å². The van der Waals surface area contributed by atoms with E-state index in [2.05, 4.69) is 4.98 Å². The summed E-state index contributed by atoms with van der Waals surface area (Å²) in [5, 5.41) is 0.656. The minimum Gasteiger partial charge on any atom is -0.364 e. The van der Waals surface area contributed by atoms with Crippen molar-refractivity contribution in [2.75, 3.05) is 0 Å². The van der Waals surface area contributed by atoms with Crippen molar-refractivity contribution in [2.45, 2.75) is 13.8 Å². The third-order valence-electron chi connectivity index (χ3n) is 2.59. The van der Waals surface area contributed by atoms with Crippen molar-refractivity contribution in [2.24, 2.45) is 0 Å². The number of aryl methyl sites for hydroxylation is 1. The van der Waals surface area contributed by atoms with Crippen molar-refractivity contribution in [1.29, 1.82) is 0 Å². The van der Waals surface area contributed by atoms with E-state index in [1.165, 1.54) is 0 Å². The number of carbonyl (C=O) groups is 1. The number of H-pyrrole nitrogens is 1. The summed E-state index contributed by atoms with van der Waals surface area (Å²) in [7, 11) is 0. The topological polar surface area (TPSA) is 32.9 Å². The summed E-state index contributed by atoms with van der Waals surface area (Å²) in [5.41, 5.74) is 3.35. The third-order valence-corrected chi connectivity index (χ3v) is 2.92. The Kier molecular flexibility index (Phi) is 2.84. The SMILES string of the molecule is CC(=O)c1c(-c2ccccc2Cl)c[nH]c1C. The van der Waals surface area contributed by atoms with Gasteiger partial charge in [-0.15, -0.1) is 0 Å². The van der Waals surface area contributed by atoms with Gasteiger partial charge < -0.3 is 4.98 Å². The van der Waals surface area contributed by atoms with E-state index in [-0.39, 0.29) is 5.78 Å². The van der Waals surface area contributed by atoms with Crippen LogP contribution in [0.2, 0.25) is 5.02 Å². The van der Waals surface area contributed by atoms with Crippen LogP contribution in [0.5, 0.6) is 0 Å². The van der Waals surface area contributed by atoms with Gasteiger partial charge in [0.2, 0.25) is 0 Å². The highest BCUT2D eigenvalue weighted by atomic mass is 35.5. The number of halogens is 1. The van der Waals surface area contributed by atoms with E-state index < -0.39 is 0 Å². The molecule has 2 rings (SSSR count). The third kappa shape index (κ3) is 1.76. The second-order valence-electron chi connectivity index (χ2n) is 3.74. The first kappa shape index (κ1) is 11.0. The Labute approximate surface area is 99.3 Å². The van der Waals surface area contributed by atoms with Gasteiger partial charge in [0.1, 0.15) is 0 Å². The molecular formula is C13H12ClNO. The number of hydrogen-bond donors (Lipinski definition) is 1. The predicted octanol–water partition coefficient (Wildman–Crippen LogP) is 3.85. The van der Waals surface area contributed by atoms with E-state index in [1.807, 2.05) is 37.4 Å². The fraction of sp³-hybridized carbons (Fsp3) is 0.154. The fourth-order valence-corrected chi connectivity index (χ4v) is 2.11. The number of Topliss-reactive ketones (excluding diaryl/α,β-unsaturated/α-hetero) is 1. The first-order valence-corrected chi connectivity index (χ1v) is 5.43. The lowest BCUT2D eigenvalue weighted by molar-refractivity contribution is 0.101. The minimum atomic E-state index is 0.0497. The molecule has 2 aromatic rings. The van der Waals surface area contributed by atoms with Crippen molar-refractivity contribution in [3.8, 4) is 11.1 Å². The molecule has 0 amide bonds. The van der Waals surface area contributed by atoms with Gasteiger partial charge in [0.25, 0.3) is 0 Å². The number of ketones is 1. The lowest BCUT2D eigenvalue weighted by Gasteiger charge is -2.04. The normalized spacial score (nSPS) is 10.4. The summed E-state index contributed by atoms with van der Waals surface area (Å²) in [6.45, 7) is 3.45. The van der Waals surface area contributed by atoms with Crippen molar-refractivity contribution in [3.05, 3.63) is 46.7 Å². The largest absolute Gasteiger partial charge is 0.364 e. The molecule has 0 saturated heterocycles. The van der Waals surface area contributed by atoms with Crippen LogP contribution in [0.25, 0.3) is 11.1 Å². The Morgan fingerprint density at radius 3 is 2.56 bits per heavy atom. The summed E-state index contributed by atoms with van der Waals surface area (Å²) < 4.78 is 0. The van der Waals surface area contributed by atoms with Crippen LogP contribution in [-0.2, 0) is 0 Å². The van der Waals surface area contributed by atoms with Crippen molar-refractivity contribution in [3.63, 3.8) is 0 Å². The highest BCUT2D eigenvalue weighted by Crippen LogP contribution is 2.31. The smallest absolute Gasteiger partial charge is 0.162 e. The Morgan fingerprint density at radius 1 is 1.25 bits per heavy atom. The minimum absolute atomic E-state index is 0.0497. The monoisotopic (exact) mass is 233 g/mol. The summed E-state index contributed by atoms with van der Waals surface area (Å²) >= 11 is 6.12. The second kappa shape index (κ2) is 4.14. The molecule has 0 bridgehead atoms. The maximum absolute atomic E-state index is 11.6. The van der Waals surface area contributed by atoms with Crippen molar-refractivity contribution in [1.82, 2.24) is 4.98 Å². The van der Waals surface area contributed by atoms with Gasteiger partial charge >= 0.3 is 0 Å². The Hall–Kier alpha value is -1.54. The van der Waals surface area contributed by atoms with Crippen LogP contribution in [0.1, 0.15) is 23.0 Å². The second-order valence-corrected chi connectivity index (χ2v) is 4.15. The lowest BCUT2D eigenvalue weighted by Crippen LogP contribution is -1.95. The molecule has 82 valence electrons. The molecule has 0 aliphatic rings. The maximum Gasteiger partial charge on any atom is 0.162 e. The molecule has 0 atom stereocenters. The van der Waals surface area contributed by atoms with E-state index in [0.29, 0.717) is 10.6 Å². The number of benzene rings is 1. The number of rotatable bonds is 2. The molecule has 0 aliphatic carbocycles. The number of carbonyl (C=O) groups excluding carboxylic acids is 1. The van der Waals surface area contributed by atoms with Gasteiger partial charge in [0, 0.05) is 33.6 Å². The zero-order valence-corrected chi connectivity index (χ0v) is 9.93. The van der Waals surface area contributed by atoms with Crippen LogP contribution in [0.4, 0.5) is 0 Å². The summed E-state index contributed by atoms with van der Waals surface area (Å²) in [5.74, 6) is 0.0497. The Bertz CT molecular complexity index is 543. The van der Waals surface area contributed by atoms with E-state index >= 15 is 0 Å². The molecule has 3 heteroatoms. The van der Waals surface area contributed by atoms with Gasteiger partial charge in [-0.2, -0.15) is 0 Å². The molecule has 0 aliphatic heterocycles. The highest BCUT2D eigenvalue weighted by Gasteiger charge is 2.15. The van der Waals surface area contributed by atoms with Crippen LogP contribution in [0.3, 0.4) is 0 Å². The molecule has 1 aromatic carbocycles. The van der Waals surface area contributed by atoms with Gasteiger partial charge in [0.05, 0.1) is 0 Å². The van der Waals surface area contributed by atoms with Gasteiger partial charge in [-0.1, -0.05) is 29.8 Å². The molecule has 0 radical (unpaired) electrons. The fourth-order valence-electron chi connectivity index (χ4n) is 1.87. The molecular weight excluding hydrogens is 222 g/mol. The van der Waals surface area contributed by atoms with Crippen LogP contribution >= 0.6 is 11.6 Å². The number of hydrogen-bond acceptors (Lipinski definition) is 1. The molecule has 0 fully saturated rings. The molecule has 1 aromatic heterocycles. The molecule has 2 nitrogen and oxygen atoms in total. The number of aromatic nitrogens is 1. The van der Waals surface area contributed by atoms with Gasteiger partial charge in [-0.05, 0) is 19.9 Å². The van der Waals surface area contributed by atoms with Gasteiger partial charge in [-0.25, -0.2) is 0 Å². The molecule has 1 N–H and O–H groups in total. The molecule has 0 spiro atoms. The molecule has 16 heavy (non-hydrogen) atoms. The van der Waals surface area contributed by atoms with Crippen LogP contribution < -0.4 is 0 Å². The zero-order chi connectivity index (χ0) is 11.7. The summed E-state index contributed by atoms with van der Waals surface area (Å²) in [6.07, 6.45) is 1.83. The predicted molar refractivity (Wildman–Crippen MR) is 66.0 cm³/mol. The molecule has 1 heterocycles. The Morgan fingerprint density at radius 2 is 1.94 bits per heavy atom. The van der Waals surface area contributed by atoms with Crippen molar-refractivity contribution < 1.29 is 4.79 Å². The van der Waals surface area contributed by atoms with E-state index in [9.17, 15) is 4.79 Å². The van der Waals surface area contributed by atoms with Gasteiger partial charge in [-0.3, -0.25) is 4.79 Å². The average Bonchev–Trinajstić information content (AvgIpc) is 2.61. The highest BCUT2D eigenvalue weighted by molar-refractivity contribution is 6.33. The average molecular weight is 234 g/mol. The first-order chi connectivity index (χ1) is 7.61. The van der Waals surface area contributed by atoms with Crippen LogP contribution in [0.15, 0.2) is 30.5 Å². The molecule has 0 unspecified atom stereocenters. The van der Waals surface area contributed by atoms with Gasteiger partial charge in [0.15, 0.2) is 5.78 Å². The maximum atomic E-state index is 11.6. The summed E-state index contributed by atoms with van der Waals surface area (Å²) in [6, 6.07) is 7.52. The van der Waals surface area contributed by atoms with Crippen LogP contribution in [-0.4, -0.2) is 10.8 Å². The Balaban J connectivity index is 2.66. The lowest BCUT2D eigenvalue weighted by atomic mass is 10.0. The first-order valence-electron chi connectivity index (χ1n) is 5.05.